The molecule has 21 heavy (non-hydrogen) atoms. The van der Waals surface area contributed by atoms with Crippen LogP contribution in [0.5, 0.6) is 0 Å². The van der Waals surface area contributed by atoms with Gasteiger partial charge in [-0.2, -0.15) is 5.10 Å². The molecule has 1 aromatic heterocycles. The Balaban J connectivity index is 2.08. The summed E-state index contributed by atoms with van der Waals surface area (Å²) in [4.78, 5) is 0. The number of hydrogen-bond donors (Lipinski definition) is 1. The molecule has 0 aliphatic heterocycles. The van der Waals surface area contributed by atoms with Crippen LogP contribution in [0.2, 0.25) is 0 Å². The van der Waals surface area contributed by atoms with Crippen LogP contribution in [0.25, 0.3) is 0 Å². The van der Waals surface area contributed by atoms with Gasteiger partial charge in [-0.1, -0.05) is 39.5 Å². The first-order valence-corrected chi connectivity index (χ1v) is 9.37. The molecule has 0 aromatic carbocycles. The van der Waals surface area contributed by atoms with Crippen LogP contribution in [0.1, 0.15) is 57.3 Å². The van der Waals surface area contributed by atoms with Gasteiger partial charge in [0.05, 0.1) is 15.9 Å². The lowest BCUT2D eigenvalue weighted by Crippen LogP contribution is -2.30. The number of hydrogen-bond acceptors (Lipinski definition) is 2. The van der Waals surface area contributed by atoms with Gasteiger partial charge in [0.25, 0.3) is 0 Å². The third kappa shape index (κ3) is 4.32. The number of rotatable bonds is 8. The van der Waals surface area contributed by atoms with Crippen LogP contribution >= 0.6 is 15.9 Å². The third-order valence-electron chi connectivity index (χ3n) is 4.86. The molecule has 0 radical (unpaired) electrons. The van der Waals surface area contributed by atoms with Crippen molar-refractivity contribution in [2.45, 2.75) is 58.8 Å². The fourth-order valence-electron chi connectivity index (χ4n) is 3.59. The topological polar surface area (TPSA) is 29.9 Å². The molecule has 4 heteroatoms. The average molecular weight is 356 g/mol. The van der Waals surface area contributed by atoms with Gasteiger partial charge in [-0.25, -0.2) is 0 Å². The Bertz CT molecular complexity index is 435. The summed E-state index contributed by atoms with van der Waals surface area (Å²) in [6.07, 6.45) is 9.02. The Kier molecular flexibility index (Phi) is 6.74. The smallest absolute Gasteiger partial charge is 0.0766 e. The minimum atomic E-state index is 0.746. The van der Waals surface area contributed by atoms with Crippen LogP contribution in [0, 0.1) is 11.8 Å². The summed E-state index contributed by atoms with van der Waals surface area (Å²) in [5.74, 6) is 1.64. The van der Waals surface area contributed by atoms with E-state index >= 15 is 0 Å². The number of halogens is 1. The van der Waals surface area contributed by atoms with E-state index in [1.807, 2.05) is 0 Å². The largest absolute Gasteiger partial charge is 0.316 e. The molecule has 120 valence electrons. The maximum atomic E-state index is 4.65. The van der Waals surface area contributed by atoms with Gasteiger partial charge in [0, 0.05) is 7.05 Å². The van der Waals surface area contributed by atoms with Crippen molar-refractivity contribution in [1.29, 1.82) is 0 Å². The first-order valence-electron chi connectivity index (χ1n) is 8.58. The molecule has 1 fully saturated rings. The Morgan fingerprint density at radius 1 is 1.33 bits per heavy atom. The number of aryl methyl sites for hydroxylation is 2. The van der Waals surface area contributed by atoms with Crippen LogP contribution in [0.4, 0.5) is 0 Å². The van der Waals surface area contributed by atoms with Crippen LogP contribution in [0.15, 0.2) is 4.47 Å². The van der Waals surface area contributed by atoms with Gasteiger partial charge in [-0.15, -0.1) is 0 Å². The Hall–Kier alpha value is -0.350. The zero-order valence-electron chi connectivity index (χ0n) is 13.8. The number of nitrogens with one attached hydrogen (secondary N) is 1. The van der Waals surface area contributed by atoms with E-state index in [2.05, 4.69) is 51.9 Å². The highest BCUT2D eigenvalue weighted by Crippen LogP contribution is 2.34. The molecule has 0 spiro atoms. The van der Waals surface area contributed by atoms with Gasteiger partial charge in [0.2, 0.25) is 0 Å². The molecule has 0 bridgehead atoms. The van der Waals surface area contributed by atoms with Gasteiger partial charge >= 0.3 is 0 Å². The minimum Gasteiger partial charge on any atom is -0.316 e. The summed E-state index contributed by atoms with van der Waals surface area (Å²) in [5, 5.41) is 8.30. The van der Waals surface area contributed by atoms with E-state index in [0.717, 1.165) is 37.8 Å². The Labute approximate surface area is 138 Å². The van der Waals surface area contributed by atoms with Crippen LogP contribution in [0.3, 0.4) is 0 Å². The first-order chi connectivity index (χ1) is 10.2. The van der Waals surface area contributed by atoms with Gasteiger partial charge in [-0.05, 0) is 60.1 Å². The summed E-state index contributed by atoms with van der Waals surface area (Å²) in [5.41, 5.74) is 2.57. The molecule has 1 atom stereocenters. The maximum absolute atomic E-state index is 4.65. The van der Waals surface area contributed by atoms with E-state index in [1.54, 1.807) is 0 Å². The second kappa shape index (κ2) is 8.33. The number of nitrogens with zero attached hydrogens (tertiary/aromatic N) is 2. The molecule has 1 unspecified atom stereocenters. The molecule has 1 N–H and O–H groups in total. The molecule has 1 aliphatic carbocycles. The second-order valence-corrected chi connectivity index (χ2v) is 7.19. The third-order valence-corrected chi connectivity index (χ3v) is 5.77. The normalized spacial score (nSPS) is 17.5. The Morgan fingerprint density at radius 3 is 2.62 bits per heavy atom. The fraction of sp³-hybridized carbons (Fsp3) is 0.824. The summed E-state index contributed by atoms with van der Waals surface area (Å²) < 4.78 is 3.33. The van der Waals surface area contributed by atoms with E-state index in [1.165, 1.54) is 48.0 Å². The highest BCUT2D eigenvalue weighted by atomic mass is 79.9. The van der Waals surface area contributed by atoms with Crippen molar-refractivity contribution in [3.8, 4) is 0 Å². The lowest BCUT2D eigenvalue weighted by atomic mass is 9.86. The molecule has 1 aliphatic rings. The second-order valence-electron chi connectivity index (χ2n) is 6.40. The molecule has 0 saturated heterocycles. The lowest BCUT2D eigenvalue weighted by Gasteiger charge is -2.24. The van der Waals surface area contributed by atoms with Crippen molar-refractivity contribution in [1.82, 2.24) is 15.1 Å². The minimum absolute atomic E-state index is 0.746. The molecule has 1 saturated carbocycles. The summed E-state index contributed by atoms with van der Waals surface area (Å²) >= 11 is 3.78. The van der Waals surface area contributed by atoms with E-state index < -0.39 is 0 Å². The van der Waals surface area contributed by atoms with Crippen molar-refractivity contribution >= 4 is 15.9 Å². The van der Waals surface area contributed by atoms with E-state index in [-0.39, 0.29) is 0 Å². The molecule has 1 heterocycles. The molecule has 0 amide bonds. The van der Waals surface area contributed by atoms with Crippen molar-refractivity contribution in [2.75, 3.05) is 13.1 Å². The van der Waals surface area contributed by atoms with Gasteiger partial charge in [0.15, 0.2) is 0 Å². The zero-order valence-corrected chi connectivity index (χ0v) is 15.4. The van der Waals surface area contributed by atoms with Crippen molar-refractivity contribution in [2.24, 2.45) is 18.9 Å². The van der Waals surface area contributed by atoms with E-state index in [0.29, 0.717) is 0 Å². The summed E-state index contributed by atoms with van der Waals surface area (Å²) in [6, 6.07) is 0. The molecular formula is C17H30BrN3. The summed E-state index contributed by atoms with van der Waals surface area (Å²) in [6.45, 7) is 6.70. The highest BCUT2D eigenvalue weighted by Gasteiger charge is 2.27. The van der Waals surface area contributed by atoms with Crippen LogP contribution in [-0.2, 0) is 19.9 Å². The molecule has 2 rings (SSSR count). The highest BCUT2D eigenvalue weighted by molar-refractivity contribution is 9.10. The monoisotopic (exact) mass is 355 g/mol. The van der Waals surface area contributed by atoms with Crippen LogP contribution in [-0.4, -0.2) is 22.9 Å². The van der Waals surface area contributed by atoms with Gasteiger partial charge in [0.1, 0.15) is 0 Å². The fourth-order valence-corrected chi connectivity index (χ4v) is 4.37. The van der Waals surface area contributed by atoms with E-state index in [9.17, 15) is 0 Å². The van der Waals surface area contributed by atoms with Crippen molar-refractivity contribution < 1.29 is 0 Å². The van der Waals surface area contributed by atoms with Gasteiger partial charge in [-0.3, -0.25) is 4.68 Å². The van der Waals surface area contributed by atoms with Gasteiger partial charge < -0.3 is 5.32 Å². The number of aromatic nitrogens is 2. The van der Waals surface area contributed by atoms with Crippen molar-refractivity contribution in [3.63, 3.8) is 0 Å². The quantitative estimate of drug-likeness (QED) is 0.711. The molecular weight excluding hydrogens is 326 g/mol. The predicted molar refractivity (Wildman–Crippen MR) is 92.6 cm³/mol. The standard InChI is InChI=1S/C17H30BrN3/c1-4-10-19-12-14(13-8-6-7-9-13)11-16-17(18)15(5-2)20-21(16)3/h13-14,19H,4-12H2,1-3H3. The zero-order chi connectivity index (χ0) is 15.2. The van der Waals surface area contributed by atoms with Crippen molar-refractivity contribution in [3.05, 3.63) is 15.9 Å². The SMILES string of the molecule is CCCNCC(Cc1c(Br)c(CC)nn1C)C1CCCC1. The lowest BCUT2D eigenvalue weighted by molar-refractivity contribution is 0.315. The van der Waals surface area contributed by atoms with Crippen LogP contribution < -0.4 is 5.32 Å². The van der Waals surface area contributed by atoms with E-state index in [4.69, 9.17) is 0 Å². The first kappa shape index (κ1) is 17.0. The maximum Gasteiger partial charge on any atom is 0.0766 e. The average Bonchev–Trinajstić information content (AvgIpc) is 3.09. The summed E-state index contributed by atoms with van der Waals surface area (Å²) in [7, 11) is 2.09. The predicted octanol–water partition coefficient (Wildman–Crippen LogP) is 4.09. The molecule has 1 aromatic rings. The molecule has 3 nitrogen and oxygen atoms in total. The Morgan fingerprint density at radius 2 is 2.05 bits per heavy atom.